The maximum absolute atomic E-state index is 13.1. The van der Waals surface area contributed by atoms with Gasteiger partial charge in [-0.2, -0.15) is 0 Å². The summed E-state index contributed by atoms with van der Waals surface area (Å²) in [6, 6.07) is 8.60. The van der Waals surface area contributed by atoms with Crippen molar-refractivity contribution in [3.63, 3.8) is 0 Å². The number of halogens is 5. The third-order valence-electron chi connectivity index (χ3n) is 5.97. The van der Waals surface area contributed by atoms with Crippen molar-refractivity contribution in [1.29, 1.82) is 0 Å². The molecule has 0 aliphatic carbocycles. The zero-order chi connectivity index (χ0) is 23.0. The SMILES string of the molecule is CCC(CC)c1ccc(Cl)c2nc3n(c12)CCCCN3c1ccc(Br)cc1OC(F)(F)F. The molecule has 0 bridgehead atoms. The fraction of sp³-hybridized carbons (Fsp3) is 0.435. The summed E-state index contributed by atoms with van der Waals surface area (Å²) in [5, 5.41) is 0.540. The summed E-state index contributed by atoms with van der Waals surface area (Å²) in [5.74, 6) is 0.676. The lowest BCUT2D eigenvalue weighted by Gasteiger charge is -2.25. The third kappa shape index (κ3) is 4.44. The standard InChI is InChI=1S/C23H24BrClF3N3O/c1-3-14(4-2)16-8-9-17(25)20-21(16)31-12-6-5-11-30(22(31)29-20)18-10-7-15(24)13-19(18)32-23(26,27)28/h7-10,13-14H,3-6,11-12H2,1-2H3. The van der Waals surface area contributed by atoms with Crippen LogP contribution in [0.5, 0.6) is 5.75 Å². The number of fused-ring (bicyclic) bond motifs is 3. The number of hydrogen-bond donors (Lipinski definition) is 0. The summed E-state index contributed by atoms with van der Waals surface area (Å²) in [6.07, 6.45) is -1.14. The van der Waals surface area contributed by atoms with Crippen LogP contribution in [0, 0.1) is 0 Å². The Labute approximate surface area is 198 Å². The summed E-state index contributed by atoms with van der Waals surface area (Å²) >= 11 is 9.79. The van der Waals surface area contributed by atoms with Crippen molar-refractivity contribution < 1.29 is 17.9 Å². The summed E-state index contributed by atoms with van der Waals surface area (Å²) in [6.45, 7) is 5.56. The van der Waals surface area contributed by atoms with Crippen LogP contribution in [-0.4, -0.2) is 22.5 Å². The molecule has 172 valence electrons. The van der Waals surface area contributed by atoms with Crippen LogP contribution < -0.4 is 9.64 Å². The molecule has 0 saturated carbocycles. The van der Waals surface area contributed by atoms with E-state index >= 15 is 0 Å². The van der Waals surface area contributed by atoms with Gasteiger partial charge in [-0.05, 0) is 61.4 Å². The van der Waals surface area contributed by atoms with Crippen molar-refractivity contribution in [2.75, 3.05) is 11.4 Å². The molecule has 0 radical (unpaired) electrons. The van der Waals surface area contributed by atoms with E-state index in [1.807, 2.05) is 11.0 Å². The second-order valence-electron chi connectivity index (χ2n) is 7.93. The van der Waals surface area contributed by atoms with Gasteiger partial charge in [0.15, 0.2) is 5.75 Å². The highest BCUT2D eigenvalue weighted by atomic mass is 79.9. The number of hydrogen-bond acceptors (Lipinski definition) is 3. The van der Waals surface area contributed by atoms with E-state index in [-0.39, 0.29) is 5.75 Å². The van der Waals surface area contributed by atoms with Gasteiger partial charge in [0.2, 0.25) is 5.95 Å². The summed E-state index contributed by atoms with van der Waals surface area (Å²) in [5.41, 5.74) is 3.17. The first-order valence-corrected chi connectivity index (χ1v) is 11.9. The molecule has 1 aliphatic rings. The fourth-order valence-electron chi connectivity index (χ4n) is 4.48. The molecule has 0 amide bonds. The monoisotopic (exact) mass is 529 g/mol. The zero-order valence-electron chi connectivity index (χ0n) is 17.8. The van der Waals surface area contributed by atoms with Crippen molar-refractivity contribution in [3.05, 3.63) is 45.4 Å². The smallest absolute Gasteiger partial charge is 0.404 e. The number of ether oxygens (including phenoxy) is 1. The van der Waals surface area contributed by atoms with Gasteiger partial charge in [0.1, 0.15) is 5.52 Å². The molecule has 0 N–H and O–H groups in total. The highest BCUT2D eigenvalue weighted by Gasteiger charge is 2.34. The Hall–Kier alpha value is -1.93. The number of benzene rings is 2. The van der Waals surface area contributed by atoms with Crippen LogP contribution in [0.3, 0.4) is 0 Å². The lowest BCUT2D eigenvalue weighted by molar-refractivity contribution is -0.274. The second kappa shape index (κ2) is 9.14. The minimum Gasteiger partial charge on any atom is -0.404 e. The zero-order valence-corrected chi connectivity index (χ0v) is 20.2. The van der Waals surface area contributed by atoms with Gasteiger partial charge in [-0.3, -0.25) is 0 Å². The first-order valence-electron chi connectivity index (χ1n) is 10.7. The molecule has 4 rings (SSSR count). The Bertz CT molecular complexity index is 1130. The number of aromatic nitrogens is 2. The van der Waals surface area contributed by atoms with E-state index in [9.17, 15) is 13.2 Å². The molecule has 3 aromatic rings. The maximum atomic E-state index is 13.1. The number of alkyl halides is 3. The van der Waals surface area contributed by atoms with Gasteiger partial charge in [0.05, 0.1) is 16.2 Å². The van der Waals surface area contributed by atoms with Crippen molar-refractivity contribution in [2.45, 2.75) is 58.4 Å². The van der Waals surface area contributed by atoms with Crippen LogP contribution in [0.4, 0.5) is 24.8 Å². The van der Waals surface area contributed by atoms with Crippen molar-refractivity contribution >= 4 is 50.2 Å². The lowest BCUT2D eigenvalue weighted by atomic mass is 9.93. The van der Waals surface area contributed by atoms with Crippen LogP contribution in [0.2, 0.25) is 5.02 Å². The molecule has 4 nitrogen and oxygen atoms in total. The predicted octanol–water partition coefficient (Wildman–Crippen LogP) is 8.19. The molecule has 1 aromatic heterocycles. The quantitative estimate of drug-likeness (QED) is 0.333. The number of anilines is 2. The number of aryl methyl sites for hydroxylation is 1. The minimum absolute atomic E-state index is 0.265. The first-order chi connectivity index (χ1) is 15.2. The van der Waals surface area contributed by atoms with Gasteiger partial charge in [0.25, 0.3) is 0 Å². The van der Waals surface area contributed by atoms with E-state index in [0.29, 0.717) is 39.1 Å². The fourth-order valence-corrected chi connectivity index (χ4v) is 5.02. The molecule has 2 heterocycles. The first kappa shape index (κ1) is 23.2. The van der Waals surface area contributed by atoms with E-state index < -0.39 is 6.36 Å². The highest BCUT2D eigenvalue weighted by molar-refractivity contribution is 9.10. The summed E-state index contributed by atoms with van der Waals surface area (Å²) in [4.78, 5) is 6.66. The molecule has 0 unspecified atom stereocenters. The van der Waals surface area contributed by atoms with Gasteiger partial charge >= 0.3 is 6.36 Å². The van der Waals surface area contributed by atoms with Crippen LogP contribution in [0.25, 0.3) is 11.0 Å². The summed E-state index contributed by atoms with van der Waals surface area (Å²) < 4.78 is 46.4. The van der Waals surface area contributed by atoms with Crippen molar-refractivity contribution in [1.82, 2.24) is 9.55 Å². The Morgan fingerprint density at radius 1 is 1.12 bits per heavy atom. The van der Waals surface area contributed by atoms with Gasteiger partial charge < -0.3 is 14.2 Å². The van der Waals surface area contributed by atoms with Gasteiger partial charge in [-0.25, -0.2) is 4.98 Å². The van der Waals surface area contributed by atoms with E-state index in [1.54, 1.807) is 12.1 Å². The minimum atomic E-state index is -4.80. The molecule has 32 heavy (non-hydrogen) atoms. The van der Waals surface area contributed by atoms with Crippen LogP contribution in [0.15, 0.2) is 34.8 Å². The maximum Gasteiger partial charge on any atom is 0.573 e. The Morgan fingerprint density at radius 2 is 1.84 bits per heavy atom. The number of rotatable bonds is 5. The third-order valence-corrected chi connectivity index (χ3v) is 6.77. The van der Waals surface area contributed by atoms with E-state index in [4.69, 9.17) is 16.6 Å². The molecule has 0 fully saturated rings. The molecule has 9 heteroatoms. The molecule has 1 aliphatic heterocycles. The van der Waals surface area contributed by atoms with Crippen LogP contribution in [-0.2, 0) is 6.54 Å². The molecule has 0 saturated heterocycles. The van der Waals surface area contributed by atoms with E-state index in [1.165, 1.54) is 11.6 Å². The highest BCUT2D eigenvalue weighted by Crippen LogP contribution is 2.43. The number of nitrogens with zero attached hydrogens (tertiary/aromatic N) is 3. The van der Waals surface area contributed by atoms with Gasteiger partial charge in [0, 0.05) is 17.6 Å². The van der Waals surface area contributed by atoms with Crippen LogP contribution >= 0.6 is 27.5 Å². The average molecular weight is 531 g/mol. The molecular formula is C23H24BrClF3N3O. The van der Waals surface area contributed by atoms with Gasteiger partial charge in [-0.15, -0.1) is 13.2 Å². The Kier molecular flexibility index (Phi) is 6.63. The van der Waals surface area contributed by atoms with Crippen molar-refractivity contribution in [3.8, 4) is 5.75 Å². The van der Waals surface area contributed by atoms with Crippen LogP contribution in [0.1, 0.15) is 51.0 Å². The predicted molar refractivity (Wildman–Crippen MR) is 125 cm³/mol. The molecule has 0 spiro atoms. The average Bonchev–Trinajstić information content (AvgIpc) is 2.98. The topological polar surface area (TPSA) is 30.3 Å². The lowest BCUT2D eigenvalue weighted by Crippen LogP contribution is -2.23. The van der Waals surface area contributed by atoms with E-state index in [2.05, 4.69) is 45.1 Å². The number of imidazole rings is 1. The molecule has 2 aromatic carbocycles. The molecular weight excluding hydrogens is 507 g/mol. The molecule has 0 atom stereocenters. The van der Waals surface area contributed by atoms with Crippen molar-refractivity contribution in [2.24, 2.45) is 0 Å². The largest absolute Gasteiger partial charge is 0.573 e. The summed E-state index contributed by atoms with van der Waals surface area (Å²) in [7, 11) is 0. The van der Waals surface area contributed by atoms with Gasteiger partial charge in [-0.1, -0.05) is 47.4 Å². The second-order valence-corrected chi connectivity index (χ2v) is 9.25. The Balaban J connectivity index is 1.93. The Morgan fingerprint density at radius 3 is 2.53 bits per heavy atom. The van der Waals surface area contributed by atoms with E-state index in [0.717, 1.165) is 37.7 Å². The normalized spacial score (nSPS) is 14.7.